The second-order valence-corrected chi connectivity index (χ2v) is 6.86. The van der Waals surface area contributed by atoms with E-state index in [9.17, 15) is 8.42 Å². The van der Waals surface area contributed by atoms with E-state index in [0.29, 0.717) is 17.2 Å². The van der Waals surface area contributed by atoms with Crippen LogP contribution >= 0.6 is 0 Å². The quantitative estimate of drug-likeness (QED) is 0.867. The molecular formula is C15H21N3O4S. The molecule has 0 spiro atoms. The number of ether oxygens (including phenoxy) is 2. The standard InChI is InChI=1S/C15H21N3O4S/c1-10(12-6-7-13(21-4)14(8-12)22-5)17-23(19,20)15-9-16-18(3)11(15)2/h6-10,17H,1-5H3. The molecule has 126 valence electrons. The van der Waals surface area contributed by atoms with E-state index in [2.05, 4.69) is 9.82 Å². The number of aryl methyl sites for hydroxylation is 1. The molecule has 2 rings (SSSR count). The van der Waals surface area contributed by atoms with Gasteiger partial charge in [-0.3, -0.25) is 4.68 Å². The van der Waals surface area contributed by atoms with Crippen molar-refractivity contribution in [2.24, 2.45) is 7.05 Å². The Morgan fingerprint density at radius 1 is 1.22 bits per heavy atom. The summed E-state index contributed by atoms with van der Waals surface area (Å²) in [5.74, 6) is 1.14. The van der Waals surface area contributed by atoms with Crippen LogP contribution in [0.1, 0.15) is 24.2 Å². The minimum Gasteiger partial charge on any atom is -0.493 e. The van der Waals surface area contributed by atoms with Crippen LogP contribution in [0.4, 0.5) is 0 Å². The maximum Gasteiger partial charge on any atom is 0.244 e. The number of methoxy groups -OCH3 is 2. The maximum absolute atomic E-state index is 12.5. The summed E-state index contributed by atoms with van der Waals surface area (Å²) >= 11 is 0. The zero-order valence-corrected chi connectivity index (χ0v) is 14.6. The first-order chi connectivity index (χ1) is 10.8. The Morgan fingerprint density at radius 3 is 2.39 bits per heavy atom. The molecule has 2 aromatic rings. The molecule has 23 heavy (non-hydrogen) atoms. The lowest BCUT2D eigenvalue weighted by atomic mass is 10.1. The second kappa shape index (κ2) is 6.59. The number of rotatable bonds is 6. The van der Waals surface area contributed by atoms with Crippen molar-refractivity contribution in [3.63, 3.8) is 0 Å². The van der Waals surface area contributed by atoms with Crippen molar-refractivity contribution < 1.29 is 17.9 Å². The third-order valence-electron chi connectivity index (χ3n) is 3.72. The largest absolute Gasteiger partial charge is 0.493 e. The number of aromatic nitrogens is 2. The van der Waals surface area contributed by atoms with E-state index in [1.54, 1.807) is 46.2 Å². The van der Waals surface area contributed by atoms with Crippen LogP contribution in [0.15, 0.2) is 29.3 Å². The van der Waals surface area contributed by atoms with Crippen molar-refractivity contribution in [3.8, 4) is 11.5 Å². The van der Waals surface area contributed by atoms with Gasteiger partial charge in [0.15, 0.2) is 11.5 Å². The smallest absolute Gasteiger partial charge is 0.244 e. The lowest BCUT2D eigenvalue weighted by Crippen LogP contribution is -2.27. The summed E-state index contributed by atoms with van der Waals surface area (Å²) in [5.41, 5.74) is 1.35. The topological polar surface area (TPSA) is 82.5 Å². The van der Waals surface area contributed by atoms with E-state index in [1.165, 1.54) is 18.0 Å². The molecule has 0 amide bonds. The van der Waals surface area contributed by atoms with Gasteiger partial charge in [0.1, 0.15) is 4.90 Å². The van der Waals surface area contributed by atoms with Gasteiger partial charge in [0.25, 0.3) is 0 Å². The highest BCUT2D eigenvalue weighted by molar-refractivity contribution is 7.89. The number of hydrogen-bond donors (Lipinski definition) is 1. The highest BCUT2D eigenvalue weighted by atomic mass is 32.2. The Labute approximate surface area is 136 Å². The molecule has 0 aliphatic carbocycles. The van der Waals surface area contributed by atoms with Gasteiger partial charge in [-0.15, -0.1) is 0 Å². The molecule has 0 fully saturated rings. The zero-order valence-electron chi connectivity index (χ0n) is 13.8. The third kappa shape index (κ3) is 3.48. The SMILES string of the molecule is COc1ccc(C(C)NS(=O)(=O)c2cnn(C)c2C)cc1OC. The Hall–Kier alpha value is -2.06. The molecule has 1 aromatic heterocycles. The fraction of sp³-hybridized carbons (Fsp3) is 0.400. The van der Waals surface area contributed by atoms with Gasteiger partial charge in [-0.1, -0.05) is 6.07 Å². The van der Waals surface area contributed by atoms with E-state index >= 15 is 0 Å². The summed E-state index contributed by atoms with van der Waals surface area (Å²) in [6, 6.07) is 4.86. The van der Waals surface area contributed by atoms with Crippen LogP contribution in [0.2, 0.25) is 0 Å². The first-order valence-corrected chi connectivity index (χ1v) is 8.51. The highest BCUT2D eigenvalue weighted by Gasteiger charge is 2.23. The fourth-order valence-corrected chi connectivity index (χ4v) is 3.66. The van der Waals surface area contributed by atoms with Crippen LogP contribution < -0.4 is 14.2 Å². The van der Waals surface area contributed by atoms with Crippen molar-refractivity contribution in [2.45, 2.75) is 24.8 Å². The van der Waals surface area contributed by atoms with Gasteiger partial charge in [0.2, 0.25) is 10.0 Å². The van der Waals surface area contributed by atoms with Crippen molar-refractivity contribution in [1.29, 1.82) is 0 Å². The van der Waals surface area contributed by atoms with Gasteiger partial charge < -0.3 is 9.47 Å². The lowest BCUT2D eigenvalue weighted by Gasteiger charge is -2.16. The van der Waals surface area contributed by atoms with Crippen LogP contribution in [0, 0.1) is 6.92 Å². The van der Waals surface area contributed by atoms with E-state index in [4.69, 9.17) is 9.47 Å². The number of nitrogens with zero attached hydrogens (tertiary/aromatic N) is 2. The maximum atomic E-state index is 12.5. The lowest BCUT2D eigenvalue weighted by molar-refractivity contribution is 0.354. The van der Waals surface area contributed by atoms with Crippen LogP contribution in [-0.4, -0.2) is 32.4 Å². The molecule has 0 saturated heterocycles. The molecular weight excluding hydrogens is 318 g/mol. The van der Waals surface area contributed by atoms with Gasteiger partial charge in [-0.2, -0.15) is 5.10 Å². The van der Waals surface area contributed by atoms with Crippen LogP contribution in [0.25, 0.3) is 0 Å². The van der Waals surface area contributed by atoms with Gasteiger partial charge in [-0.05, 0) is 31.5 Å². The number of sulfonamides is 1. The molecule has 0 radical (unpaired) electrons. The Kier molecular flexibility index (Phi) is 4.96. The number of hydrogen-bond acceptors (Lipinski definition) is 5. The average molecular weight is 339 g/mol. The molecule has 1 unspecified atom stereocenters. The van der Waals surface area contributed by atoms with Gasteiger partial charge >= 0.3 is 0 Å². The third-order valence-corrected chi connectivity index (χ3v) is 5.36. The zero-order chi connectivity index (χ0) is 17.2. The average Bonchev–Trinajstić information content (AvgIpc) is 2.86. The summed E-state index contributed by atoms with van der Waals surface area (Å²) in [7, 11) is 1.13. The summed E-state index contributed by atoms with van der Waals surface area (Å²) in [6.07, 6.45) is 1.35. The van der Waals surface area contributed by atoms with E-state index < -0.39 is 16.1 Å². The Bertz CT molecular complexity index is 799. The fourth-order valence-electron chi connectivity index (χ4n) is 2.23. The van der Waals surface area contributed by atoms with Crippen LogP contribution in [0.5, 0.6) is 11.5 Å². The molecule has 0 bridgehead atoms. The van der Waals surface area contributed by atoms with Crippen LogP contribution in [0.3, 0.4) is 0 Å². The van der Waals surface area contributed by atoms with E-state index in [-0.39, 0.29) is 4.90 Å². The van der Waals surface area contributed by atoms with Gasteiger partial charge in [-0.25, -0.2) is 13.1 Å². The molecule has 1 heterocycles. The van der Waals surface area contributed by atoms with Crippen molar-refractivity contribution in [2.75, 3.05) is 14.2 Å². The molecule has 1 N–H and O–H groups in total. The molecule has 8 heteroatoms. The molecule has 0 aliphatic heterocycles. The first kappa shape index (κ1) is 17.3. The molecule has 0 saturated carbocycles. The Morgan fingerprint density at radius 2 is 1.87 bits per heavy atom. The van der Waals surface area contributed by atoms with Crippen molar-refractivity contribution in [3.05, 3.63) is 35.7 Å². The van der Waals surface area contributed by atoms with Gasteiger partial charge in [0, 0.05) is 13.1 Å². The monoisotopic (exact) mass is 339 g/mol. The number of nitrogens with one attached hydrogen (secondary N) is 1. The molecule has 7 nitrogen and oxygen atoms in total. The predicted molar refractivity (Wildman–Crippen MR) is 86.2 cm³/mol. The van der Waals surface area contributed by atoms with Crippen molar-refractivity contribution in [1.82, 2.24) is 14.5 Å². The first-order valence-electron chi connectivity index (χ1n) is 7.03. The summed E-state index contributed by atoms with van der Waals surface area (Å²) in [4.78, 5) is 0.173. The van der Waals surface area contributed by atoms with E-state index in [0.717, 1.165) is 5.56 Å². The molecule has 1 aromatic carbocycles. The summed E-state index contributed by atoms with van der Waals surface area (Å²) < 4.78 is 39.6. The van der Waals surface area contributed by atoms with E-state index in [1.807, 2.05) is 0 Å². The molecule has 1 atom stereocenters. The second-order valence-electron chi connectivity index (χ2n) is 5.18. The minimum atomic E-state index is -3.66. The van der Waals surface area contributed by atoms with Crippen LogP contribution in [-0.2, 0) is 17.1 Å². The summed E-state index contributed by atoms with van der Waals surface area (Å²) in [5, 5.41) is 3.97. The normalized spacial score (nSPS) is 12.9. The minimum absolute atomic E-state index is 0.173. The van der Waals surface area contributed by atoms with Crippen molar-refractivity contribution >= 4 is 10.0 Å². The Balaban J connectivity index is 2.28. The van der Waals surface area contributed by atoms with Gasteiger partial charge in [0.05, 0.1) is 26.1 Å². The highest BCUT2D eigenvalue weighted by Crippen LogP contribution is 2.30. The molecule has 0 aliphatic rings. The number of benzene rings is 1. The summed E-state index contributed by atoms with van der Waals surface area (Å²) in [6.45, 7) is 3.48. The predicted octanol–water partition coefficient (Wildman–Crippen LogP) is 1.79.